The molecule has 1 unspecified atom stereocenters. The largest absolute Gasteiger partial charge is 0.474 e. The summed E-state index contributed by atoms with van der Waals surface area (Å²) in [5.74, 6) is 1.95. The molecule has 0 amide bonds. The molecule has 11 nitrogen and oxygen atoms in total. The zero-order valence-corrected chi connectivity index (χ0v) is 21.2. The van der Waals surface area contributed by atoms with Crippen molar-refractivity contribution in [2.24, 2.45) is 0 Å². The van der Waals surface area contributed by atoms with Gasteiger partial charge in [-0.15, -0.1) is 0 Å². The minimum Gasteiger partial charge on any atom is -0.474 e. The van der Waals surface area contributed by atoms with Crippen LogP contribution >= 0.6 is 0 Å². The van der Waals surface area contributed by atoms with Gasteiger partial charge in [-0.25, -0.2) is 15.0 Å². The molecule has 0 radical (unpaired) electrons. The monoisotopic (exact) mass is 497 g/mol. The van der Waals surface area contributed by atoms with Gasteiger partial charge in [-0.2, -0.15) is 0 Å². The first-order valence-corrected chi connectivity index (χ1v) is 12.2. The van der Waals surface area contributed by atoms with E-state index in [9.17, 15) is 15.0 Å². The Kier molecular flexibility index (Phi) is 7.72. The lowest BCUT2D eigenvalue weighted by atomic mass is 10.1. The summed E-state index contributed by atoms with van der Waals surface area (Å²) >= 11 is 0. The third kappa shape index (κ3) is 6.48. The zero-order valence-electron chi connectivity index (χ0n) is 21.2. The fraction of sp³-hybridized carbons (Fsp3) is 0.520. The molecule has 1 aliphatic rings. The molecule has 4 N–H and O–H groups in total. The average Bonchev–Trinajstić information content (AvgIpc) is 2.81. The number of nitrogens with zero attached hydrogens (tertiary/aromatic N) is 5. The van der Waals surface area contributed by atoms with Crippen molar-refractivity contribution in [3.8, 4) is 5.88 Å². The third-order valence-corrected chi connectivity index (χ3v) is 5.92. The van der Waals surface area contributed by atoms with Crippen LogP contribution in [0.2, 0.25) is 0 Å². The maximum Gasteiger partial charge on any atom is 0.262 e. The van der Waals surface area contributed by atoms with Crippen molar-refractivity contribution >= 4 is 28.2 Å². The number of piperidine rings is 1. The highest BCUT2D eigenvalue weighted by Crippen LogP contribution is 2.27. The van der Waals surface area contributed by atoms with E-state index < -0.39 is 12.7 Å². The van der Waals surface area contributed by atoms with Gasteiger partial charge in [0, 0.05) is 30.9 Å². The summed E-state index contributed by atoms with van der Waals surface area (Å²) in [6, 6.07) is 5.31. The van der Waals surface area contributed by atoms with Crippen LogP contribution in [0.5, 0.6) is 5.88 Å². The maximum absolute atomic E-state index is 13.2. The number of aliphatic hydroxyl groups is 2. The Morgan fingerprint density at radius 3 is 2.64 bits per heavy atom. The summed E-state index contributed by atoms with van der Waals surface area (Å²) in [6.45, 7) is 7.48. The Labute approximate surface area is 210 Å². The highest BCUT2D eigenvalue weighted by atomic mass is 16.5. The van der Waals surface area contributed by atoms with E-state index >= 15 is 0 Å². The number of anilines is 3. The first-order chi connectivity index (χ1) is 17.1. The van der Waals surface area contributed by atoms with Crippen LogP contribution in [0.15, 0.2) is 35.5 Å². The van der Waals surface area contributed by atoms with Gasteiger partial charge in [0.25, 0.3) is 5.56 Å². The lowest BCUT2D eigenvalue weighted by Gasteiger charge is -2.28. The molecule has 1 fully saturated rings. The molecule has 3 aromatic heterocycles. The third-order valence-electron chi connectivity index (χ3n) is 5.92. The number of nitrogens with one attached hydrogen (secondary N) is 2. The second-order valence-corrected chi connectivity index (χ2v) is 10.3. The summed E-state index contributed by atoms with van der Waals surface area (Å²) in [5.41, 5.74) is -0.665. The highest BCUT2D eigenvalue weighted by Gasteiger charge is 2.20. The molecule has 0 aromatic carbocycles. The summed E-state index contributed by atoms with van der Waals surface area (Å²) in [6.07, 6.45) is 4.04. The molecule has 36 heavy (non-hydrogen) atoms. The van der Waals surface area contributed by atoms with Crippen LogP contribution in [0.1, 0.15) is 33.6 Å². The van der Waals surface area contributed by atoms with Crippen LogP contribution < -0.4 is 20.9 Å². The van der Waals surface area contributed by atoms with E-state index in [1.165, 1.54) is 10.9 Å². The van der Waals surface area contributed by atoms with Crippen LogP contribution in [0.3, 0.4) is 0 Å². The van der Waals surface area contributed by atoms with Gasteiger partial charge in [0.05, 0.1) is 24.6 Å². The van der Waals surface area contributed by atoms with Gasteiger partial charge in [-0.05, 0) is 58.2 Å². The quantitative estimate of drug-likeness (QED) is 0.365. The van der Waals surface area contributed by atoms with Gasteiger partial charge in [0.15, 0.2) is 0 Å². The van der Waals surface area contributed by atoms with Gasteiger partial charge in [0.2, 0.25) is 5.88 Å². The molecule has 4 heterocycles. The lowest BCUT2D eigenvalue weighted by molar-refractivity contribution is 0.0805. The van der Waals surface area contributed by atoms with Crippen molar-refractivity contribution in [2.45, 2.75) is 57.9 Å². The standard InChI is InChI=1S/C25H35N7O4/c1-25(2,3)30-23-22-16(5-10-32(24(22)35)13-17(34)14-33)11-20(29-23)28-19-12-21(27-15-26-19)36-18-6-8-31(4)9-7-18/h5,10-12,15,17-18,33-34H,6-9,13-14H2,1-4H3,(H2,26,27,28,29,30). The number of aromatic nitrogens is 4. The molecule has 11 heteroatoms. The summed E-state index contributed by atoms with van der Waals surface area (Å²) in [5, 5.41) is 26.6. The van der Waals surface area contributed by atoms with Crippen LogP contribution in [0.4, 0.5) is 17.5 Å². The Morgan fingerprint density at radius 1 is 1.19 bits per heavy atom. The van der Waals surface area contributed by atoms with E-state index in [0.29, 0.717) is 34.1 Å². The summed E-state index contributed by atoms with van der Waals surface area (Å²) in [4.78, 5) is 28.8. The van der Waals surface area contributed by atoms with Gasteiger partial charge >= 0.3 is 0 Å². The van der Waals surface area contributed by atoms with Crippen molar-refractivity contribution in [2.75, 3.05) is 37.4 Å². The minimum atomic E-state index is -1.03. The molecule has 3 aromatic rings. The van der Waals surface area contributed by atoms with E-state index in [1.54, 1.807) is 24.4 Å². The van der Waals surface area contributed by atoms with E-state index in [-0.39, 0.29) is 23.7 Å². The predicted octanol–water partition coefficient (Wildman–Crippen LogP) is 1.97. The molecular weight excluding hydrogens is 462 g/mol. The van der Waals surface area contributed by atoms with Gasteiger partial charge in [-0.1, -0.05) is 0 Å². The van der Waals surface area contributed by atoms with E-state index in [1.807, 2.05) is 20.8 Å². The summed E-state index contributed by atoms with van der Waals surface area (Å²) < 4.78 is 7.46. The van der Waals surface area contributed by atoms with Crippen molar-refractivity contribution in [1.82, 2.24) is 24.4 Å². The highest BCUT2D eigenvalue weighted by molar-refractivity contribution is 5.93. The van der Waals surface area contributed by atoms with Crippen LogP contribution in [0.25, 0.3) is 10.8 Å². The van der Waals surface area contributed by atoms with Crippen molar-refractivity contribution in [3.63, 3.8) is 0 Å². The topological polar surface area (TPSA) is 138 Å². The number of fused-ring (bicyclic) bond motifs is 1. The molecule has 1 atom stereocenters. The lowest BCUT2D eigenvalue weighted by Crippen LogP contribution is -2.35. The Hall–Kier alpha value is -3.28. The number of likely N-dealkylation sites (tertiary alicyclic amines) is 1. The number of hydrogen-bond acceptors (Lipinski definition) is 10. The zero-order chi connectivity index (χ0) is 25.9. The van der Waals surface area contributed by atoms with Crippen LogP contribution in [-0.4, -0.2) is 79.1 Å². The molecule has 1 aliphatic heterocycles. The normalized spacial score (nSPS) is 16.2. The molecule has 0 spiro atoms. The van der Waals surface area contributed by atoms with Gasteiger partial charge < -0.3 is 35.1 Å². The second kappa shape index (κ2) is 10.8. The minimum absolute atomic E-state index is 0.0127. The molecule has 4 rings (SSSR count). The number of hydrogen-bond donors (Lipinski definition) is 4. The van der Waals surface area contributed by atoms with E-state index in [0.717, 1.165) is 25.9 Å². The molecular formula is C25H35N7O4. The summed E-state index contributed by atoms with van der Waals surface area (Å²) in [7, 11) is 2.11. The molecule has 0 bridgehead atoms. The van der Waals surface area contributed by atoms with Crippen molar-refractivity contribution in [1.29, 1.82) is 0 Å². The maximum atomic E-state index is 13.2. The van der Waals surface area contributed by atoms with Crippen LogP contribution in [0, 0.1) is 0 Å². The van der Waals surface area contributed by atoms with Gasteiger partial charge in [0.1, 0.15) is 29.9 Å². The van der Waals surface area contributed by atoms with E-state index in [2.05, 4.69) is 37.5 Å². The molecule has 1 saturated heterocycles. The number of ether oxygens (including phenoxy) is 1. The molecule has 194 valence electrons. The fourth-order valence-electron chi connectivity index (χ4n) is 4.12. The molecule has 0 saturated carbocycles. The number of rotatable bonds is 8. The van der Waals surface area contributed by atoms with Crippen molar-refractivity contribution < 1.29 is 14.9 Å². The fourth-order valence-corrected chi connectivity index (χ4v) is 4.12. The smallest absolute Gasteiger partial charge is 0.262 e. The first-order valence-electron chi connectivity index (χ1n) is 12.2. The molecule has 0 aliphatic carbocycles. The number of pyridine rings is 2. The van der Waals surface area contributed by atoms with E-state index in [4.69, 9.17) is 4.74 Å². The SMILES string of the molecule is CN1CCC(Oc2cc(Nc3cc4ccn(CC(O)CO)c(=O)c4c(NC(C)(C)C)n3)ncn2)CC1. The first kappa shape index (κ1) is 25.8. The number of aliphatic hydroxyl groups excluding tert-OH is 2. The van der Waals surface area contributed by atoms with Crippen LogP contribution in [-0.2, 0) is 6.54 Å². The Balaban J connectivity index is 1.63. The average molecular weight is 498 g/mol. The van der Waals surface area contributed by atoms with Crippen molar-refractivity contribution in [3.05, 3.63) is 41.1 Å². The van der Waals surface area contributed by atoms with Gasteiger partial charge in [-0.3, -0.25) is 4.79 Å². The predicted molar refractivity (Wildman–Crippen MR) is 139 cm³/mol. The Bertz CT molecular complexity index is 1250. The Morgan fingerprint density at radius 2 is 1.94 bits per heavy atom. The second-order valence-electron chi connectivity index (χ2n) is 10.3.